The Kier molecular flexibility index (Phi) is 3.95. The van der Waals surface area contributed by atoms with Crippen molar-refractivity contribution in [2.75, 3.05) is 11.5 Å². The quantitative estimate of drug-likeness (QED) is 0.523. The highest BCUT2D eigenvalue weighted by Gasteiger charge is 2.43. The molecular weight excluding hydrogens is 296 g/mol. The molecule has 0 saturated carbocycles. The molecule has 21 heavy (non-hydrogen) atoms. The molecule has 9 nitrogen and oxygen atoms in total. The Morgan fingerprint density at radius 3 is 2.86 bits per heavy atom. The Labute approximate surface area is 124 Å². The zero-order valence-corrected chi connectivity index (χ0v) is 11.8. The summed E-state index contributed by atoms with van der Waals surface area (Å²) in [4.78, 5) is 12.1. The molecule has 3 heterocycles. The summed E-state index contributed by atoms with van der Waals surface area (Å²) in [6, 6.07) is 0. The van der Waals surface area contributed by atoms with Crippen LogP contribution in [0.3, 0.4) is 0 Å². The molecule has 2 aromatic heterocycles. The standard InChI is InChI=1S/C11H16N6O3S/c12-9-6-10(15-3-14-9)17(4-16-6)11-8(19)7(18)5(20-11)1-2-21-13/h3-5,7-8,11,18-19H,1-2,13H2,(H2,12,14,15)/t5-,7-,8-,11-/m1/s1. The fourth-order valence-corrected chi connectivity index (χ4v) is 2.81. The van der Waals surface area contributed by atoms with Crippen molar-refractivity contribution in [3.63, 3.8) is 0 Å². The summed E-state index contributed by atoms with van der Waals surface area (Å²) in [5.41, 5.74) is 6.61. The third-order valence-corrected chi connectivity index (χ3v) is 3.99. The number of anilines is 1. The van der Waals surface area contributed by atoms with Gasteiger partial charge in [-0.3, -0.25) is 9.71 Å². The van der Waals surface area contributed by atoms with Gasteiger partial charge in [0.05, 0.1) is 12.4 Å². The van der Waals surface area contributed by atoms with E-state index in [1.807, 2.05) is 0 Å². The second-order valence-electron chi connectivity index (χ2n) is 4.79. The van der Waals surface area contributed by atoms with Crippen LogP contribution in [0.1, 0.15) is 12.6 Å². The Balaban J connectivity index is 1.90. The van der Waals surface area contributed by atoms with Gasteiger partial charge in [-0.2, -0.15) is 0 Å². The molecule has 0 radical (unpaired) electrons. The molecule has 0 unspecified atom stereocenters. The Bertz CT molecular complexity index is 637. The molecule has 6 N–H and O–H groups in total. The Morgan fingerprint density at radius 1 is 1.29 bits per heavy atom. The van der Waals surface area contributed by atoms with Crippen molar-refractivity contribution < 1.29 is 14.9 Å². The monoisotopic (exact) mass is 312 g/mol. The molecule has 4 atom stereocenters. The Morgan fingerprint density at radius 2 is 2.10 bits per heavy atom. The maximum absolute atomic E-state index is 10.2. The lowest BCUT2D eigenvalue weighted by molar-refractivity contribution is -0.0352. The Hall–Kier alpha value is -1.46. The van der Waals surface area contributed by atoms with E-state index < -0.39 is 24.5 Å². The van der Waals surface area contributed by atoms with Gasteiger partial charge < -0.3 is 20.7 Å². The van der Waals surface area contributed by atoms with Gasteiger partial charge in [0.25, 0.3) is 0 Å². The smallest absolute Gasteiger partial charge is 0.167 e. The lowest BCUT2D eigenvalue weighted by Gasteiger charge is -2.16. The molecule has 1 aliphatic heterocycles. The summed E-state index contributed by atoms with van der Waals surface area (Å²) in [5, 5.41) is 25.6. The van der Waals surface area contributed by atoms with Crippen molar-refractivity contribution >= 4 is 28.9 Å². The number of ether oxygens (including phenoxy) is 1. The predicted octanol–water partition coefficient (Wildman–Crippen LogP) is -0.975. The number of imidazole rings is 1. The molecule has 1 saturated heterocycles. The normalized spacial score (nSPS) is 29.3. The summed E-state index contributed by atoms with van der Waals surface area (Å²) < 4.78 is 7.29. The predicted molar refractivity (Wildman–Crippen MR) is 76.9 cm³/mol. The van der Waals surface area contributed by atoms with Gasteiger partial charge in [-0.25, -0.2) is 15.0 Å². The molecule has 3 rings (SSSR count). The van der Waals surface area contributed by atoms with Crippen molar-refractivity contribution in [3.8, 4) is 0 Å². The lowest BCUT2D eigenvalue weighted by atomic mass is 10.1. The molecule has 0 amide bonds. The number of nitrogen functional groups attached to an aromatic ring is 1. The molecule has 1 fully saturated rings. The number of nitrogens with zero attached hydrogens (tertiary/aromatic N) is 4. The van der Waals surface area contributed by atoms with Crippen LogP contribution >= 0.6 is 11.9 Å². The topological polar surface area (TPSA) is 145 Å². The highest BCUT2D eigenvalue weighted by molar-refractivity contribution is 7.97. The number of hydrogen-bond donors (Lipinski definition) is 4. The molecule has 114 valence electrons. The van der Waals surface area contributed by atoms with Crippen LogP contribution in [0.15, 0.2) is 12.7 Å². The van der Waals surface area contributed by atoms with Gasteiger partial charge in [0, 0.05) is 5.75 Å². The van der Waals surface area contributed by atoms with E-state index in [-0.39, 0.29) is 5.82 Å². The van der Waals surface area contributed by atoms with Crippen molar-refractivity contribution in [2.24, 2.45) is 5.14 Å². The first-order valence-electron chi connectivity index (χ1n) is 6.39. The number of hydrogen-bond acceptors (Lipinski definition) is 9. The largest absolute Gasteiger partial charge is 0.388 e. The highest BCUT2D eigenvalue weighted by Crippen LogP contribution is 2.33. The number of aliphatic hydroxyl groups excluding tert-OH is 2. The maximum Gasteiger partial charge on any atom is 0.167 e. The van der Waals surface area contributed by atoms with Crippen molar-refractivity contribution in [3.05, 3.63) is 12.7 Å². The van der Waals surface area contributed by atoms with Crippen molar-refractivity contribution in [1.29, 1.82) is 0 Å². The molecule has 0 spiro atoms. The van der Waals surface area contributed by atoms with Crippen LogP contribution in [-0.2, 0) is 4.74 Å². The third kappa shape index (κ3) is 2.45. The summed E-state index contributed by atoms with van der Waals surface area (Å²) in [5.74, 6) is 0.879. The fourth-order valence-electron chi connectivity index (χ4n) is 2.44. The van der Waals surface area contributed by atoms with E-state index >= 15 is 0 Å². The molecule has 1 aliphatic rings. The highest BCUT2D eigenvalue weighted by atomic mass is 32.2. The van der Waals surface area contributed by atoms with Crippen molar-refractivity contribution in [2.45, 2.75) is 31.0 Å². The summed E-state index contributed by atoms with van der Waals surface area (Å²) in [6.07, 6.45) is 0.00141. The van der Waals surface area contributed by atoms with Gasteiger partial charge in [0.15, 0.2) is 17.7 Å². The van der Waals surface area contributed by atoms with E-state index in [9.17, 15) is 10.2 Å². The van der Waals surface area contributed by atoms with Crippen LogP contribution in [0.5, 0.6) is 0 Å². The molecule has 0 aromatic carbocycles. The van der Waals surface area contributed by atoms with Crippen LogP contribution < -0.4 is 10.9 Å². The van der Waals surface area contributed by atoms with Gasteiger partial charge in [-0.15, -0.1) is 0 Å². The van der Waals surface area contributed by atoms with Crippen LogP contribution in [-0.4, -0.2) is 53.8 Å². The number of rotatable bonds is 4. The minimum absolute atomic E-state index is 0.253. The van der Waals surface area contributed by atoms with Crippen LogP contribution in [0, 0.1) is 0 Å². The summed E-state index contributed by atoms with van der Waals surface area (Å²) in [7, 11) is 0. The van der Waals surface area contributed by atoms with E-state index in [1.165, 1.54) is 24.6 Å². The summed E-state index contributed by atoms with van der Waals surface area (Å²) >= 11 is 1.17. The molecule has 10 heteroatoms. The van der Waals surface area contributed by atoms with Gasteiger partial charge in [0.1, 0.15) is 24.1 Å². The first-order valence-corrected chi connectivity index (χ1v) is 7.44. The maximum atomic E-state index is 10.2. The van der Waals surface area contributed by atoms with Gasteiger partial charge >= 0.3 is 0 Å². The van der Waals surface area contributed by atoms with Crippen molar-refractivity contribution in [1.82, 2.24) is 19.5 Å². The van der Waals surface area contributed by atoms with E-state index in [4.69, 9.17) is 15.6 Å². The van der Waals surface area contributed by atoms with Crippen LogP contribution in [0.25, 0.3) is 11.2 Å². The van der Waals surface area contributed by atoms with E-state index in [2.05, 4.69) is 15.0 Å². The fraction of sp³-hybridized carbons (Fsp3) is 0.545. The van der Waals surface area contributed by atoms with E-state index in [0.717, 1.165) is 0 Å². The number of aliphatic hydroxyl groups is 2. The number of nitrogens with two attached hydrogens (primary N) is 2. The van der Waals surface area contributed by atoms with Gasteiger partial charge in [-0.05, 0) is 6.42 Å². The van der Waals surface area contributed by atoms with Gasteiger partial charge in [0.2, 0.25) is 0 Å². The van der Waals surface area contributed by atoms with E-state index in [0.29, 0.717) is 23.3 Å². The zero-order chi connectivity index (χ0) is 15.0. The minimum Gasteiger partial charge on any atom is -0.388 e. The first-order chi connectivity index (χ1) is 10.1. The molecular formula is C11H16N6O3S. The molecule has 0 aliphatic carbocycles. The molecule has 2 aromatic rings. The minimum atomic E-state index is -1.08. The second-order valence-corrected chi connectivity index (χ2v) is 5.53. The average Bonchev–Trinajstić information content (AvgIpc) is 3.02. The average molecular weight is 312 g/mol. The van der Waals surface area contributed by atoms with E-state index in [1.54, 1.807) is 4.57 Å². The zero-order valence-electron chi connectivity index (χ0n) is 11.0. The third-order valence-electron chi connectivity index (χ3n) is 3.52. The second kappa shape index (κ2) is 5.73. The molecule has 0 bridgehead atoms. The van der Waals surface area contributed by atoms with Crippen LogP contribution in [0.4, 0.5) is 5.82 Å². The lowest BCUT2D eigenvalue weighted by Crippen LogP contribution is -2.31. The SMILES string of the molecule is NSCC[C@H]1O[C@@H](n2cnc3c(N)ncnc32)[C@H](O)[C@@H]1O. The number of fused-ring (bicyclic) bond motifs is 1. The van der Waals surface area contributed by atoms with Crippen LogP contribution in [0.2, 0.25) is 0 Å². The summed E-state index contributed by atoms with van der Waals surface area (Å²) in [6.45, 7) is 0. The first kappa shape index (κ1) is 14.5. The number of aromatic nitrogens is 4. The van der Waals surface area contributed by atoms with Gasteiger partial charge in [-0.1, -0.05) is 11.9 Å².